The van der Waals surface area contributed by atoms with Crippen molar-refractivity contribution < 1.29 is 4.92 Å². The van der Waals surface area contributed by atoms with Gasteiger partial charge >= 0.3 is 0 Å². The fourth-order valence-corrected chi connectivity index (χ4v) is 1.60. The molecule has 8 nitrogen and oxygen atoms in total. The molecule has 20 heavy (non-hydrogen) atoms. The number of aromatic nitrogens is 2. The number of rotatable bonds is 4. The molecule has 0 saturated carbocycles. The topological polar surface area (TPSA) is 113 Å². The van der Waals surface area contributed by atoms with Crippen LogP contribution < -0.4 is 11.0 Å². The molecule has 0 amide bonds. The molecule has 0 fully saturated rings. The van der Waals surface area contributed by atoms with E-state index in [-0.39, 0.29) is 15.7 Å². The SMILES string of the molecule is O=c1[nH]ncc(N/N=C\c2ccc([N+](=O)[O-])cc2)c1Br. The second kappa shape index (κ2) is 6.06. The van der Waals surface area contributed by atoms with Gasteiger partial charge in [-0.15, -0.1) is 0 Å². The minimum absolute atomic E-state index is 0.0108. The van der Waals surface area contributed by atoms with Crippen LogP contribution in [0.25, 0.3) is 0 Å². The molecule has 2 N–H and O–H groups in total. The van der Waals surface area contributed by atoms with Crippen molar-refractivity contribution in [3.05, 3.63) is 61.0 Å². The Bertz CT molecular complexity index is 711. The van der Waals surface area contributed by atoms with Crippen LogP contribution in [0.15, 0.2) is 44.8 Å². The molecular formula is C11H8BrN5O3. The number of halogens is 1. The van der Waals surface area contributed by atoms with E-state index < -0.39 is 4.92 Å². The highest BCUT2D eigenvalue weighted by atomic mass is 79.9. The standard InChI is InChI=1S/C11H8BrN5O3/c12-10-9(6-14-16-11(10)18)15-13-5-7-1-3-8(4-2-7)17(19)20/h1-6H,(H2,15,16,18)/b13-5-. The summed E-state index contributed by atoms with van der Waals surface area (Å²) in [6.07, 6.45) is 2.87. The lowest BCUT2D eigenvalue weighted by Gasteiger charge is -2.00. The summed E-state index contributed by atoms with van der Waals surface area (Å²) in [5.41, 5.74) is 3.37. The van der Waals surface area contributed by atoms with Crippen molar-refractivity contribution in [2.45, 2.75) is 0 Å². The third-order valence-electron chi connectivity index (χ3n) is 2.30. The number of hydrogen-bond donors (Lipinski definition) is 2. The first-order valence-corrected chi connectivity index (χ1v) is 6.14. The number of benzene rings is 1. The fourth-order valence-electron chi connectivity index (χ4n) is 1.32. The first-order valence-electron chi connectivity index (χ1n) is 5.34. The van der Waals surface area contributed by atoms with E-state index in [9.17, 15) is 14.9 Å². The van der Waals surface area contributed by atoms with Crippen molar-refractivity contribution in [3.8, 4) is 0 Å². The van der Waals surface area contributed by atoms with E-state index in [0.717, 1.165) is 0 Å². The lowest BCUT2D eigenvalue weighted by atomic mass is 10.2. The van der Waals surface area contributed by atoms with Gasteiger partial charge in [0.05, 0.1) is 23.0 Å². The number of nitro benzene ring substituents is 1. The van der Waals surface area contributed by atoms with Gasteiger partial charge < -0.3 is 0 Å². The average molecular weight is 338 g/mol. The van der Waals surface area contributed by atoms with E-state index in [2.05, 4.69) is 36.7 Å². The van der Waals surface area contributed by atoms with E-state index in [0.29, 0.717) is 11.3 Å². The summed E-state index contributed by atoms with van der Waals surface area (Å²) in [6, 6.07) is 5.89. The monoisotopic (exact) mass is 337 g/mol. The van der Waals surface area contributed by atoms with Crippen molar-refractivity contribution in [3.63, 3.8) is 0 Å². The third kappa shape index (κ3) is 3.26. The van der Waals surface area contributed by atoms with E-state index in [1.54, 1.807) is 12.1 Å². The third-order valence-corrected chi connectivity index (χ3v) is 3.09. The van der Waals surface area contributed by atoms with Gasteiger partial charge in [0.2, 0.25) is 0 Å². The Morgan fingerprint density at radius 1 is 1.40 bits per heavy atom. The maximum absolute atomic E-state index is 11.3. The highest BCUT2D eigenvalue weighted by molar-refractivity contribution is 9.10. The molecule has 1 aromatic heterocycles. The van der Waals surface area contributed by atoms with Crippen LogP contribution in [-0.4, -0.2) is 21.3 Å². The average Bonchev–Trinajstić information content (AvgIpc) is 2.44. The second-order valence-corrected chi connectivity index (χ2v) is 4.44. The van der Waals surface area contributed by atoms with Crippen LogP contribution in [0.2, 0.25) is 0 Å². The molecule has 1 aromatic carbocycles. The predicted molar refractivity (Wildman–Crippen MR) is 76.9 cm³/mol. The van der Waals surface area contributed by atoms with Crippen LogP contribution in [-0.2, 0) is 0 Å². The molecule has 0 aliphatic heterocycles. The zero-order valence-corrected chi connectivity index (χ0v) is 11.5. The molecule has 0 spiro atoms. The van der Waals surface area contributed by atoms with Crippen LogP contribution in [0.1, 0.15) is 5.56 Å². The number of nitrogens with one attached hydrogen (secondary N) is 2. The maximum Gasteiger partial charge on any atom is 0.280 e. The lowest BCUT2D eigenvalue weighted by molar-refractivity contribution is -0.384. The summed E-state index contributed by atoms with van der Waals surface area (Å²) in [4.78, 5) is 21.3. The Labute approximate surface area is 120 Å². The molecule has 0 saturated heterocycles. The normalized spacial score (nSPS) is 10.7. The van der Waals surface area contributed by atoms with E-state index in [4.69, 9.17) is 0 Å². The van der Waals surface area contributed by atoms with Crippen LogP contribution in [0.4, 0.5) is 11.4 Å². The highest BCUT2D eigenvalue weighted by Gasteiger charge is 2.03. The van der Waals surface area contributed by atoms with Gasteiger partial charge in [0.25, 0.3) is 11.2 Å². The number of nitrogens with zero attached hydrogens (tertiary/aromatic N) is 3. The number of anilines is 1. The molecular weight excluding hydrogens is 330 g/mol. The van der Waals surface area contributed by atoms with Gasteiger partial charge in [0, 0.05) is 12.1 Å². The van der Waals surface area contributed by atoms with Crippen LogP contribution in [0, 0.1) is 10.1 Å². The minimum Gasteiger partial charge on any atom is -0.275 e. The molecule has 102 valence electrons. The Balaban J connectivity index is 2.08. The van der Waals surface area contributed by atoms with Gasteiger partial charge in [-0.1, -0.05) is 0 Å². The first kappa shape index (κ1) is 13.9. The minimum atomic E-state index is -0.474. The molecule has 0 radical (unpaired) electrons. The van der Waals surface area contributed by atoms with Crippen molar-refractivity contribution in [2.24, 2.45) is 5.10 Å². The fraction of sp³-hybridized carbons (Fsp3) is 0. The number of nitro groups is 1. The van der Waals surface area contributed by atoms with E-state index in [1.807, 2.05) is 0 Å². The number of hydrazone groups is 1. The van der Waals surface area contributed by atoms with Gasteiger partial charge in [-0.05, 0) is 33.6 Å². The van der Waals surface area contributed by atoms with Crippen molar-refractivity contribution >= 4 is 33.5 Å². The molecule has 0 aliphatic carbocycles. The Morgan fingerprint density at radius 2 is 2.10 bits per heavy atom. The Morgan fingerprint density at radius 3 is 2.75 bits per heavy atom. The Hall–Kier alpha value is -2.55. The summed E-state index contributed by atoms with van der Waals surface area (Å²) in [6.45, 7) is 0. The molecule has 1 heterocycles. The van der Waals surface area contributed by atoms with Crippen molar-refractivity contribution in [1.82, 2.24) is 10.2 Å². The van der Waals surface area contributed by atoms with Crippen LogP contribution in [0.3, 0.4) is 0 Å². The van der Waals surface area contributed by atoms with E-state index >= 15 is 0 Å². The predicted octanol–water partition coefficient (Wildman–Crippen LogP) is 1.89. The second-order valence-electron chi connectivity index (χ2n) is 3.65. The van der Waals surface area contributed by atoms with Gasteiger partial charge in [-0.2, -0.15) is 10.2 Å². The first-order chi connectivity index (χ1) is 9.58. The molecule has 9 heteroatoms. The van der Waals surface area contributed by atoms with Crippen molar-refractivity contribution in [2.75, 3.05) is 5.43 Å². The van der Waals surface area contributed by atoms with Crippen LogP contribution in [0.5, 0.6) is 0 Å². The zero-order valence-electron chi connectivity index (χ0n) is 9.91. The van der Waals surface area contributed by atoms with Gasteiger partial charge in [-0.3, -0.25) is 20.3 Å². The van der Waals surface area contributed by atoms with Gasteiger partial charge in [0.15, 0.2) is 0 Å². The van der Waals surface area contributed by atoms with Gasteiger partial charge in [-0.25, -0.2) is 5.10 Å². The summed E-state index contributed by atoms with van der Waals surface area (Å²) in [7, 11) is 0. The molecule has 2 aromatic rings. The largest absolute Gasteiger partial charge is 0.280 e. The van der Waals surface area contributed by atoms with Crippen LogP contribution >= 0.6 is 15.9 Å². The number of non-ortho nitro benzene ring substituents is 1. The highest BCUT2D eigenvalue weighted by Crippen LogP contribution is 2.15. The lowest BCUT2D eigenvalue weighted by Crippen LogP contribution is -2.10. The number of aromatic amines is 1. The van der Waals surface area contributed by atoms with Crippen molar-refractivity contribution in [1.29, 1.82) is 0 Å². The zero-order chi connectivity index (χ0) is 14.5. The number of H-pyrrole nitrogens is 1. The molecule has 0 bridgehead atoms. The summed E-state index contributed by atoms with van der Waals surface area (Å²) in [5, 5.41) is 20.3. The maximum atomic E-state index is 11.3. The summed E-state index contributed by atoms with van der Waals surface area (Å²) < 4.78 is 0.286. The van der Waals surface area contributed by atoms with E-state index in [1.165, 1.54) is 24.5 Å². The molecule has 0 unspecified atom stereocenters. The van der Waals surface area contributed by atoms with Gasteiger partial charge in [0.1, 0.15) is 4.47 Å². The summed E-state index contributed by atoms with van der Waals surface area (Å²) in [5.74, 6) is 0. The quantitative estimate of drug-likeness (QED) is 0.502. The smallest absolute Gasteiger partial charge is 0.275 e. The summed E-state index contributed by atoms with van der Waals surface area (Å²) >= 11 is 3.10. The Kier molecular flexibility index (Phi) is 4.20. The molecule has 0 aliphatic rings. The number of hydrogen-bond acceptors (Lipinski definition) is 6. The molecule has 2 rings (SSSR count). The molecule has 0 atom stereocenters.